The lowest BCUT2D eigenvalue weighted by Crippen LogP contribution is -2.49. The molecule has 0 unspecified atom stereocenters. The molecule has 1 aromatic heterocycles. The quantitative estimate of drug-likeness (QED) is 0.579. The summed E-state index contributed by atoms with van der Waals surface area (Å²) >= 11 is 0. The molecule has 1 N–H and O–H groups in total. The van der Waals surface area contributed by atoms with Crippen molar-refractivity contribution in [1.82, 2.24) is 19.7 Å². The van der Waals surface area contributed by atoms with Gasteiger partial charge < -0.3 is 14.6 Å². The largest absolute Gasteiger partial charge is 0.416 e. The molecule has 0 spiro atoms. The van der Waals surface area contributed by atoms with Crippen LogP contribution in [0.3, 0.4) is 0 Å². The van der Waals surface area contributed by atoms with Crippen LogP contribution in [0.2, 0.25) is 0 Å². The fraction of sp³-hybridized carbons (Fsp3) is 0.400. The third-order valence-electron chi connectivity index (χ3n) is 6.80. The van der Waals surface area contributed by atoms with E-state index < -0.39 is 23.8 Å². The minimum Gasteiger partial charge on any atom is -0.390 e. The molecule has 1 fully saturated rings. The summed E-state index contributed by atoms with van der Waals surface area (Å²) in [5.74, 6) is 0.459. The molecule has 5 rings (SSSR count). The molecule has 2 aliphatic heterocycles. The monoisotopic (exact) mass is 485 g/mol. The van der Waals surface area contributed by atoms with Crippen LogP contribution >= 0.6 is 0 Å². The summed E-state index contributed by atoms with van der Waals surface area (Å²) in [7, 11) is 1.87. The molecule has 10 heteroatoms. The highest BCUT2D eigenvalue weighted by molar-refractivity contribution is 6.10. The zero-order chi connectivity index (χ0) is 24.9. The summed E-state index contributed by atoms with van der Waals surface area (Å²) in [5, 5.41) is 17.5. The van der Waals surface area contributed by atoms with Crippen molar-refractivity contribution in [3.8, 4) is 0 Å². The van der Waals surface area contributed by atoms with E-state index in [1.165, 1.54) is 4.90 Å². The Morgan fingerprint density at radius 3 is 2.63 bits per heavy atom. The van der Waals surface area contributed by atoms with Crippen LogP contribution < -0.4 is 4.90 Å². The summed E-state index contributed by atoms with van der Waals surface area (Å²) in [6.45, 7) is 2.99. The van der Waals surface area contributed by atoms with E-state index in [1.54, 1.807) is 18.5 Å². The van der Waals surface area contributed by atoms with E-state index in [2.05, 4.69) is 10.2 Å². The summed E-state index contributed by atoms with van der Waals surface area (Å²) in [5.41, 5.74) is 1.27. The molecule has 0 radical (unpaired) electrons. The minimum absolute atomic E-state index is 0.00688. The molecule has 1 amide bonds. The molecule has 184 valence electrons. The highest BCUT2D eigenvalue weighted by Gasteiger charge is 2.41. The molecule has 0 bridgehead atoms. The first-order valence-electron chi connectivity index (χ1n) is 11.5. The van der Waals surface area contributed by atoms with Crippen molar-refractivity contribution in [3.63, 3.8) is 0 Å². The van der Waals surface area contributed by atoms with Gasteiger partial charge in [0.1, 0.15) is 12.2 Å². The van der Waals surface area contributed by atoms with E-state index >= 15 is 0 Å². The van der Waals surface area contributed by atoms with Crippen LogP contribution in [-0.2, 0) is 32.7 Å². The second-order valence-electron chi connectivity index (χ2n) is 9.46. The molecule has 0 saturated carbocycles. The zero-order valence-corrected chi connectivity index (χ0v) is 19.5. The number of aliphatic hydroxyl groups is 1. The lowest BCUT2D eigenvalue weighted by atomic mass is 9.97. The third kappa shape index (κ3) is 4.55. The molecule has 3 heterocycles. The predicted octanol–water partition coefficient (Wildman–Crippen LogP) is 3.52. The highest BCUT2D eigenvalue weighted by Crippen LogP contribution is 2.40. The number of likely N-dealkylation sites (tertiary alicyclic amines) is 1. The highest BCUT2D eigenvalue weighted by atomic mass is 19.4. The Labute approximate surface area is 200 Å². The van der Waals surface area contributed by atoms with Gasteiger partial charge in [0.2, 0.25) is 0 Å². The normalized spacial score (nSPS) is 17.5. The lowest BCUT2D eigenvalue weighted by molar-refractivity contribution is -0.138. The number of hydrogen-bond acceptors (Lipinski definition) is 5. The van der Waals surface area contributed by atoms with Crippen LogP contribution in [-0.4, -0.2) is 49.9 Å². The maximum atomic E-state index is 14.0. The third-order valence-corrected chi connectivity index (χ3v) is 6.80. The maximum absolute atomic E-state index is 14.0. The summed E-state index contributed by atoms with van der Waals surface area (Å²) in [6, 6.07) is 10.1. The van der Waals surface area contributed by atoms with Crippen LogP contribution in [0.4, 0.5) is 18.9 Å². The first-order chi connectivity index (χ1) is 16.6. The summed E-state index contributed by atoms with van der Waals surface area (Å²) < 4.78 is 43.7. The van der Waals surface area contributed by atoms with Crippen LogP contribution in [0.1, 0.15) is 51.3 Å². The molecule has 7 nitrogen and oxygen atoms in total. The van der Waals surface area contributed by atoms with Crippen LogP contribution in [0.5, 0.6) is 0 Å². The Balaban J connectivity index is 1.43. The molecule has 3 aromatic rings. The average molecular weight is 486 g/mol. The second kappa shape index (κ2) is 8.76. The van der Waals surface area contributed by atoms with Gasteiger partial charge in [-0.3, -0.25) is 9.69 Å². The van der Waals surface area contributed by atoms with Gasteiger partial charge in [0.15, 0.2) is 0 Å². The Morgan fingerprint density at radius 2 is 1.97 bits per heavy atom. The van der Waals surface area contributed by atoms with Gasteiger partial charge in [-0.2, -0.15) is 13.2 Å². The van der Waals surface area contributed by atoms with Gasteiger partial charge in [0.05, 0.1) is 18.2 Å². The van der Waals surface area contributed by atoms with Gasteiger partial charge >= 0.3 is 6.18 Å². The number of fused-ring (bicyclic) bond motifs is 1. The first-order valence-corrected chi connectivity index (χ1v) is 11.5. The predicted molar refractivity (Wildman–Crippen MR) is 123 cm³/mol. The Morgan fingerprint density at radius 1 is 1.20 bits per heavy atom. The lowest BCUT2D eigenvalue weighted by Gasteiger charge is -2.36. The number of anilines is 1. The SMILES string of the molecule is C[C@H](Cc1nncn1C)c1cccc(N2Cc3c(cc(CN4CC(O)C4)cc3C(F)(F)F)C2=O)c1. The average Bonchev–Trinajstić information content (AvgIpc) is 3.34. The van der Waals surface area contributed by atoms with Gasteiger partial charge in [-0.1, -0.05) is 19.1 Å². The molecular formula is C25H26F3N5O2. The van der Waals surface area contributed by atoms with E-state index in [9.17, 15) is 23.1 Å². The number of aryl methyl sites for hydroxylation is 1. The van der Waals surface area contributed by atoms with Crippen LogP contribution in [0.15, 0.2) is 42.7 Å². The summed E-state index contributed by atoms with van der Waals surface area (Å²) in [6.07, 6.45) is -2.75. The van der Waals surface area contributed by atoms with Crippen molar-refractivity contribution in [2.24, 2.45) is 7.05 Å². The van der Waals surface area contributed by atoms with E-state index in [1.807, 2.05) is 41.6 Å². The Hall–Kier alpha value is -3.24. The Kier molecular flexibility index (Phi) is 5.88. The summed E-state index contributed by atoms with van der Waals surface area (Å²) in [4.78, 5) is 16.6. The van der Waals surface area contributed by atoms with E-state index in [0.29, 0.717) is 30.8 Å². The van der Waals surface area contributed by atoms with Gasteiger partial charge in [-0.25, -0.2) is 0 Å². The first kappa shape index (κ1) is 23.5. The molecule has 1 atom stereocenters. The van der Waals surface area contributed by atoms with E-state index in [4.69, 9.17) is 0 Å². The van der Waals surface area contributed by atoms with Crippen molar-refractivity contribution in [1.29, 1.82) is 0 Å². The smallest absolute Gasteiger partial charge is 0.390 e. The number of amides is 1. The maximum Gasteiger partial charge on any atom is 0.416 e. The number of carbonyl (C=O) groups excluding carboxylic acids is 1. The number of β-amino-alcohol motifs (C(OH)–C–C–N with tert-alkyl or cyclic N) is 1. The van der Waals surface area contributed by atoms with Gasteiger partial charge in [0.25, 0.3) is 5.91 Å². The number of carbonyl (C=O) groups is 1. The van der Waals surface area contributed by atoms with Crippen molar-refractivity contribution < 1.29 is 23.1 Å². The number of rotatable bonds is 6. The van der Waals surface area contributed by atoms with Gasteiger partial charge in [-0.05, 0) is 46.9 Å². The minimum atomic E-state index is -4.57. The topological polar surface area (TPSA) is 74.5 Å². The molecule has 2 aromatic carbocycles. The number of aliphatic hydroxyl groups excluding tert-OH is 1. The number of alkyl halides is 3. The van der Waals surface area contributed by atoms with E-state index in [0.717, 1.165) is 17.5 Å². The van der Waals surface area contributed by atoms with Crippen molar-refractivity contribution >= 4 is 11.6 Å². The van der Waals surface area contributed by atoms with Crippen LogP contribution in [0.25, 0.3) is 0 Å². The van der Waals surface area contributed by atoms with Crippen molar-refractivity contribution in [2.45, 2.75) is 44.6 Å². The Bertz CT molecular complexity index is 1270. The molecule has 1 saturated heterocycles. The van der Waals surface area contributed by atoms with Gasteiger partial charge in [-0.15, -0.1) is 10.2 Å². The number of nitrogens with zero attached hydrogens (tertiary/aromatic N) is 5. The molecule has 2 aliphatic rings. The number of halogens is 3. The van der Waals surface area contributed by atoms with Crippen molar-refractivity contribution in [2.75, 3.05) is 18.0 Å². The zero-order valence-electron chi connectivity index (χ0n) is 19.5. The molecule has 0 aliphatic carbocycles. The number of benzene rings is 2. The van der Waals surface area contributed by atoms with Crippen molar-refractivity contribution in [3.05, 3.63) is 76.4 Å². The van der Waals surface area contributed by atoms with Gasteiger partial charge in [0, 0.05) is 44.4 Å². The number of aromatic nitrogens is 3. The van der Waals surface area contributed by atoms with Crippen LogP contribution in [0, 0.1) is 0 Å². The second-order valence-corrected chi connectivity index (χ2v) is 9.46. The fourth-order valence-corrected chi connectivity index (χ4v) is 4.83. The molecular weight excluding hydrogens is 459 g/mol. The number of hydrogen-bond donors (Lipinski definition) is 1. The van der Waals surface area contributed by atoms with E-state index in [-0.39, 0.29) is 30.1 Å². The standard InChI is InChI=1S/C25H26F3N5O2/c1-15(6-23-30-29-14-31(23)2)17-4-3-5-18(9-17)33-13-21-20(24(33)35)7-16(8-22(21)25(26,27)28)10-32-11-19(34)12-32/h3-5,7-9,14-15,19,34H,6,10-13H2,1-2H3/t15-/m1/s1. The molecule has 35 heavy (non-hydrogen) atoms. The fourth-order valence-electron chi connectivity index (χ4n) is 4.83.